The van der Waals surface area contributed by atoms with Crippen molar-refractivity contribution in [3.05, 3.63) is 58.2 Å². The number of benzene rings is 2. The Hall–Kier alpha value is -3.65. The van der Waals surface area contributed by atoms with Gasteiger partial charge in [0.15, 0.2) is 0 Å². The molecular formula is C37H45ClN6O4. The van der Waals surface area contributed by atoms with E-state index in [2.05, 4.69) is 34.1 Å². The van der Waals surface area contributed by atoms with Gasteiger partial charge in [-0.1, -0.05) is 41.9 Å². The summed E-state index contributed by atoms with van der Waals surface area (Å²) in [6.45, 7) is 11.2. The van der Waals surface area contributed by atoms with Crippen molar-refractivity contribution in [3.63, 3.8) is 0 Å². The van der Waals surface area contributed by atoms with Gasteiger partial charge in [-0.2, -0.15) is 15.2 Å². The summed E-state index contributed by atoms with van der Waals surface area (Å²) in [7, 11) is 0. The van der Waals surface area contributed by atoms with Gasteiger partial charge >= 0.3 is 12.1 Å². The van der Waals surface area contributed by atoms with E-state index in [1.54, 1.807) is 4.90 Å². The van der Waals surface area contributed by atoms with E-state index in [1.807, 2.05) is 39.0 Å². The summed E-state index contributed by atoms with van der Waals surface area (Å²) < 4.78 is 18.7. The lowest BCUT2D eigenvalue weighted by molar-refractivity contribution is 0.0140. The van der Waals surface area contributed by atoms with E-state index in [0.717, 1.165) is 52.8 Å². The molecule has 10 nitrogen and oxygen atoms in total. The molecule has 3 aromatic rings. The van der Waals surface area contributed by atoms with Crippen LogP contribution in [0, 0.1) is 16.7 Å². The van der Waals surface area contributed by atoms with Gasteiger partial charge in [0.05, 0.1) is 43.5 Å². The number of amides is 1. The number of likely N-dealkylation sites (tertiary alicyclic amines) is 1. The van der Waals surface area contributed by atoms with E-state index in [1.165, 1.54) is 25.9 Å². The Morgan fingerprint density at radius 3 is 2.60 bits per heavy atom. The SMILES string of the molecule is CC(C)(C)OC(=O)N1CCN(c2nc(OCC3(CN4CCCC4)CC3)nc3c2COC(c2cccc4cccc(Cl)c24)C3)C[C@@H]1CC#N. The summed E-state index contributed by atoms with van der Waals surface area (Å²) in [5.74, 6) is 0.751. The number of piperazine rings is 1. The highest BCUT2D eigenvalue weighted by atomic mass is 35.5. The van der Waals surface area contributed by atoms with Crippen LogP contribution in [0.2, 0.25) is 5.02 Å². The predicted octanol–water partition coefficient (Wildman–Crippen LogP) is 6.69. The summed E-state index contributed by atoms with van der Waals surface area (Å²) >= 11 is 6.72. The quantitative estimate of drug-likeness (QED) is 0.259. The van der Waals surface area contributed by atoms with Gasteiger partial charge in [0.25, 0.3) is 0 Å². The molecule has 4 aliphatic rings. The van der Waals surface area contributed by atoms with E-state index in [4.69, 9.17) is 35.8 Å². The number of hydrogen-bond donors (Lipinski definition) is 0. The number of nitriles is 1. The number of hydrogen-bond acceptors (Lipinski definition) is 9. The Morgan fingerprint density at radius 2 is 1.88 bits per heavy atom. The first-order chi connectivity index (χ1) is 23.1. The molecule has 4 heterocycles. The summed E-state index contributed by atoms with van der Waals surface area (Å²) in [6.07, 6.45) is 4.94. The monoisotopic (exact) mass is 672 g/mol. The van der Waals surface area contributed by atoms with Gasteiger partial charge in [-0.05, 0) is 76.6 Å². The molecule has 1 aliphatic carbocycles. The third-order valence-electron chi connectivity index (χ3n) is 10.1. The number of fused-ring (bicyclic) bond motifs is 2. The van der Waals surface area contributed by atoms with E-state index >= 15 is 0 Å². The number of nitrogens with zero attached hydrogens (tertiary/aromatic N) is 6. The minimum atomic E-state index is -0.626. The predicted molar refractivity (Wildman–Crippen MR) is 184 cm³/mol. The third-order valence-corrected chi connectivity index (χ3v) is 10.4. The first kappa shape index (κ1) is 32.9. The molecule has 0 spiro atoms. The van der Waals surface area contributed by atoms with Gasteiger partial charge in [-0.15, -0.1) is 0 Å². The Morgan fingerprint density at radius 1 is 1.10 bits per heavy atom. The zero-order valence-electron chi connectivity index (χ0n) is 28.2. The molecule has 1 unspecified atom stereocenters. The highest BCUT2D eigenvalue weighted by molar-refractivity contribution is 6.35. The summed E-state index contributed by atoms with van der Waals surface area (Å²) in [4.78, 5) is 29.6. The van der Waals surface area contributed by atoms with Crippen molar-refractivity contribution in [2.75, 3.05) is 50.8 Å². The summed E-state index contributed by atoms with van der Waals surface area (Å²) in [5, 5.41) is 12.5. The smallest absolute Gasteiger partial charge is 0.410 e. The molecule has 0 N–H and O–H groups in total. The molecule has 48 heavy (non-hydrogen) atoms. The van der Waals surface area contributed by atoms with Crippen LogP contribution in [-0.2, 0) is 22.5 Å². The maximum Gasteiger partial charge on any atom is 0.410 e. The lowest BCUT2D eigenvalue weighted by Gasteiger charge is -2.42. The molecule has 7 rings (SSSR count). The molecule has 3 aliphatic heterocycles. The molecule has 11 heteroatoms. The minimum absolute atomic E-state index is 0.159. The topological polar surface area (TPSA) is 104 Å². The second-order valence-electron chi connectivity index (χ2n) is 14.9. The number of halogens is 1. The third kappa shape index (κ3) is 7.05. The van der Waals surface area contributed by atoms with E-state index in [0.29, 0.717) is 50.3 Å². The second-order valence-corrected chi connectivity index (χ2v) is 15.3. The van der Waals surface area contributed by atoms with Gasteiger partial charge in [0.2, 0.25) is 0 Å². The van der Waals surface area contributed by atoms with E-state index < -0.39 is 11.7 Å². The van der Waals surface area contributed by atoms with Crippen LogP contribution in [0.25, 0.3) is 10.8 Å². The maximum atomic E-state index is 13.1. The normalized spacial score (nSPS) is 22.3. The number of anilines is 1. The van der Waals surface area contributed by atoms with Crippen molar-refractivity contribution in [1.29, 1.82) is 5.26 Å². The molecule has 2 atom stereocenters. The van der Waals surface area contributed by atoms with Crippen molar-refractivity contribution < 1.29 is 19.0 Å². The maximum absolute atomic E-state index is 13.1. The molecule has 0 radical (unpaired) electrons. The number of rotatable bonds is 8. The number of aromatic nitrogens is 2. The fourth-order valence-electron chi connectivity index (χ4n) is 7.39. The number of ether oxygens (including phenoxy) is 3. The molecule has 1 saturated carbocycles. The molecule has 2 saturated heterocycles. The van der Waals surface area contributed by atoms with Crippen LogP contribution in [0.3, 0.4) is 0 Å². The zero-order chi connectivity index (χ0) is 33.5. The van der Waals surface area contributed by atoms with Gasteiger partial charge in [-0.25, -0.2) is 4.79 Å². The van der Waals surface area contributed by atoms with Crippen LogP contribution in [0.1, 0.15) is 75.8 Å². The van der Waals surface area contributed by atoms with Crippen LogP contribution in [-0.4, -0.2) is 83.4 Å². The molecule has 254 valence electrons. The van der Waals surface area contributed by atoms with Gasteiger partial charge in [0, 0.05) is 54.0 Å². The Labute approximate surface area is 287 Å². The first-order valence-electron chi connectivity index (χ1n) is 17.3. The summed E-state index contributed by atoms with van der Waals surface area (Å²) in [5.41, 5.74) is 2.38. The largest absolute Gasteiger partial charge is 0.463 e. The highest BCUT2D eigenvalue weighted by Gasteiger charge is 2.45. The van der Waals surface area contributed by atoms with Gasteiger partial charge < -0.3 is 28.9 Å². The van der Waals surface area contributed by atoms with Crippen molar-refractivity contribution >= 4 is 34.3 Å². The second kappa shape index (κ2) is 13.3. The Kier molecular flexibility index (Phi) is 9.14. The number of carbonyl (C=O) groups excluding carboxylic acids is 1. The average Bonchev–Trinajstić information content (AvgIpc) is 3.63. The van der Waals surface area contributed by atoms with E-state index in [9.17, 15) is 10.1 Å². The fraction of sp³-hybridized carbons (Fsp3) is 0.568. The molecule has 0 bridgehead atoms. The molecule has 1 aromatic heterocycles. The standard InChI is InChI=1S/C37H45ClN6O4/c1-36(2,3)48-35(45)44-19-18-43(21-26(44)12-15-39)33-28-22-46-31(27-10-6-8-25-9-7-11-29(38)32(25)27)20-30(28)40-34(41-33)47-24-37(13-14-37)23-42-16-4-5-17-42/h6-11,26,31H,4-5,12-14,16-24H2,1-3H3/t26-,31?/m0/s1. The molecule has 2 aromatic carbocycles. The minimum Gasteiger partial charge on any atom is -0.463 e. The Bertz CT molecular complexity index is 1710. The van der Waals surface area contributed by atoms with Crippen molar-refractivity contribution in [3.8, 4) is 12.1 Å². The summed E-state index contributed by atoms with van der Waals surface area (Å²) in [6, 6.07) is 14.4. The van der Waals surface area contributed by atoms with Gasteiger partial charge in [0.1, 0.15) is 11.4 Å². The van der Waals surface area contributed by atoms with Crippen LogP contribution in [0.15, 0.2) is 36.4 Å². The average molecular weight is 673 g/mol. The van der Waals surface area contributed by atoms with Crippen LogP contribution < -0.4 is 9.64 Å². The molecule has 3 fully saturated rings. The molecule has 1 amide bonds. The lowest BCUT2D eigenvalue weighted by Crippen LogP contribution is -2.56. The van der Waals surface area contributed by atoms with Crippen LogP contribution >= 0.6 is 11.6 Å². The van der Waals surface area contributed by atoms with Crippen molar-refractivity contribution in [2.24, 2.45) is 5.41 Å². The Balaban J connectivity index is 1.18. The van der Waals surface area contributed by atoms with Crippen molar-refractivity contribution in [1.82, 2.24) is 19.8 Å². The van der Waals surface area contributed by atoms with Gasteiger partial charge in [-0.3, -0.25) is 0 Å². The highest BCUT2D eigenvalue weighted by Crippen LogP contribution is 2.47. The van der Waals surface area contributed by atoms with E-state index in [-0.39, 0.29) is 24.0 Å². The van der Waals surface area contributed by atoms with Crippen LogP contribution in [0.5, 0.6) is 6.01 Å². The van der Waals surface area contributed by atoms with Crippen molar-refractivity contribution in [2.45, 2.75) is 83.6 Å². The van der Waals surface area contributed by atoms with Crippen LogP contribution in [0.4, 0.5) is 10.6 Å². The number of carbonyl (C=O) groups is 1. The zero-order valence-corrected chi connectivity index (χ0v) is 29.0. The molecular weight excluding hydrogens is 628 g/mol. The first-order valence-corrected chi connectivity index (χ1v) is 17.6. The fourth-order valence-corrected chi connectivity index (χ4v) is 7.68. The lowest BCUT2D eigenvalue weighted by atomic mass is 9.94.